The summed E-state index contributed by atoms with van der Waals surface area (Å²) in [5, 5.41) is 10.5. The van der Waals surface area contributed by atoms with Gasteiger partial charge in [0, 0.05) is 11.6 Å². The smallest absolute Gasteiger partial charge is 0.115 e. The summed E-state index contributed by atoms with van der Waals surface area (Å²) in [5.74, 6) is 0.316. The number of halogens is 1. The van der Waals surface area contributed by atoms with Gasteiger partial charge in [-0.15, -0.1) is 0 Å². The first-order chi connectivity index (χ1) is 13.1. The average Bonchev–Trinajstić information content (AvgIpc) is 2.99. The van der Waals surface area contributed by atoms with Crippen molar-refractivity contribution >= 4 is 11.6 Å². The maximum Gasteiger partial charge on any atom is 0.115 e. The minimum Gasteiger partial charge on any atom is -0.508 e. The Labute approximate surface area is 166 Å². The first kappa shape index (κ1) is 18.3. The van der Waals surface area contributed by atoms with Crippen LogP contribution in [0.2, 0.25) is 5.02 Å². The molecule has 4 rings (SSSR count). The Kier molecular flexibility index (Phi) is 5.12. The number of allylic oxidation sites excluding steroid dienone is 1. The number of phenolic OH excluding ortho intramolecular Hbond substituents is 1. The zero-order valence-electron chi connectivity index (χ0n) is 15.8. The molecule has 2 aromatic rings. The number of aromatic hydroxyl groups is 1. The molecule has 0 aromatic heterocycles. The molecule has 27 heavy (non-hydrogen) atoms. The van der Waals surface area contributed by atoms with Crippen LogP contribution < -0.4 is 0 Å². The van der Waals surface area contributed by atoms with E-state index in [1.165, 1.54) is 16.7 Å². The van der Waals surface area contributed by atoms with Gasteiger partial charge >= 0.3 is 0 Å². The normalized spacial score (nSPS) is 22.3. The first-order valence-corrected chi connectivity index (χ1v) is 10.2. The third-order valence-electron chi connectivity index (χ3n) is 5.88. The second kappa shape index (κ2) is 7.53. The molecule has 0 saturated heterocycles. The molecule has 1 heterocycles. The Morgan fingerprint density at radius 1 is 1.07 bits per heavy atom. The lowest BCUT2D eigenvalue weighted by Gasteiger charge is -2.42. The van der Waals surface area contributed by atoms with Gasteiger partial charge in [0.15, 0.2) is 0 Å². The van der Waals surface area contributed by atoms with Gasteiger partial charge in [-0.05, 0) is 78.8 Å². The lowest BCUT2D eigenvalue weighted by atomic mass is 9.74. The van der Waals surface area contributed by atoms with E-state index in [0.29, 0.717) is 5.75 Å². The molecular weight excluding hydrogens is 354 g/mol. The van der Waals surface area contributed by atoms with Crippen molar-refractivity contribution in [1.29, 1.82) is 0 Å². The van der Waals surface area contributed by atoms with Crippen molar-refractivity contribution in [3.05, 3.63) is 88.0 Å². The number of benzene rings is 2. The molecule has 1 aliphatic carbocycles. The molecule has 3 heteroatoms. The number of hydrogen-bond donors (Lipinski definition) is 1. The molecule has 1 atom stereocenters. The number of phenols is 1. The maximum atomic E-state index is 9.71. The highest BCUT2D eigenvalue weighted by Gasteiger charge is 2.47. The highest BCUT2D eigenvalue weighted by atomic mass is 35.5. The molecule has 1 N–H and O–H groups in total. The number of rotatable bonds is 5. The molecule has 2 aromatic carbocycles. The summed E-state index contributed by atoms with van der Waals surface area (Å²) in [6, 6.07) is 16.1. The number of nitrogens with zero attached hydrogens (tertiary/aromatic N) is 1. The van der Waals surface area contributed by atoms with Gasteiger partial charge in [0.25, 0.3) is 0 Å². The molecule has 0 fully saturated rings. The Hall–Kier alpha value is -2.03. The fourth-order valence-corrected chi connectivity index (χ4v) is 4.84. The summed E-state index contributed by atoms with van der Waals surface area (Å²) < 4.78 is 0. The van der Waals surface area contributed by atoms with Crippen molar-refractivity contribution in [3.63, 3.8) is 0 Å². The monoisotopic (exact) mass is 379 g/mol. The van der Waals surface area contributed by atoms with Crippen molar-refractivity contribution in [3.8, 4) is 5.75 Å². The summed E-state index contributed by atoms with van der Waals surface area (Å²) in [4.78, 5) is 2.64. The minimum absolute atomic E-state index is 0.141. The van der Waals surface area contributed by atoms with Gasteiger partial charge in [-0.1, -0.05) is 54.9 Å². The lowest BCUT2D eigenvalue weighted by molar-refractivity contribution is 0.150. The van der Waals surface area contributed by atoms with Crippen LogP contribution in [0.1, 0.15) is 37.3 Å². The van der Waals surface area contributed by atoms with E-state index < -0.39 is 0 Å². The Bertz CT molecular complexity index is 866. The van der Waals surface area contributed by atoms with Gasteiger partial charge in [0.05, 0.1) is 5.54 Å². The van der Waals surface area contributed by atoms with Gasteiger partial charge < -0.3 is 5.11 Å². The van der Waals surface area contributed by atoms with Gasteiger partial charge in [0.2, 0.25) is 0 Å². The van der Waals surface area contributed by atoms with E-state index in [2.05, 4.69) is 36.1 Å². The van der Waals surface area contributed by atoms with Crippen LogP contribution in [0.15, 0.2) is 71.8 Å². The van der Waals surface area contributed by atoms with Gasteiger partial charge in [-0.25, -0.2) is 0 Å². The SMILES string of the molecule is CCCN1CC2=C(CCC=C2)C1(Cc1ccc(O)cc1)c1ccc(Cl)cc1. The van der Waals surface area contributed by atoms with Crippen LogP contribution >= 0.6 is 11.6 Å². The van der Waals surface area contributed by atoms with Crippen LogP contribution in [-0.4, -0.2) is 23.1 Å². The second-order valence-electron chi connectivity index (χ2n) is 7.58. The summed E-state index contributed by atoms with van der Waals surface area (Å²) in [6.07, 6.45) is 8.87. The molecule has 1 unspecified atom stereocenters. The molecule has 2 aliphatic rings. The van der Waals surface area contributed by atoms with E-state index in [-0.39, 0.29) is 5.54 Å². The fourth-order valence-electron chi connectivity index (χ4n) is 4.72. The summed E-state index contributed by atoms with van der Waals surface area (Å²) in [7, 11) is 0. The first-order valence-electron chi connectivity index (χ1n) is 9.81. The van der Waals surface area contributed by atoms with Crippen molar-refractivity contribution in [2.45, 2.75) is 38.1 Å². The van der Waals surface area contributed by atoms with E-state index in [4.69, 9.17) is 11.6 Å². The van der Waals surface area contributed by atoms with E-state index in [1.807, 2.05) is 24.3 Å². The largest absolute Gasteiger partial charge is 0.508 e. The highest BCUT2D eigenvalue weighted by Crippen LogP contribution is 2.49. The molecule has 0 radical (unpaired) electrons. The third-order valence-corrected chi connectivity index (χ3v) is 6.13. The molecule has 0 bridgehead atoms. The Balaban J connectivity index is 1.87. The predicted octanol–water partition coefficient (Wildman–Crippen LogP) is 5.86. The summed E-state index contributed by atoms with van der Waals surface area (Å²) in [5.41, 5.74) is 5.44. The van der Waals surface area contributed by atoms with Crippen molar-refractivity contribution in [2.75, 3.05) is 13.1 Å². The van der Waals surface area contributed by atoms with Crippen LogP contribution in [0.3, 0.4) is 0 Å². The van der Waals surface area contributed by atoms with E-state index in [0.717, 1.165) is 43.8 Å². The Morgan fingerprint density at radius 3 is 2.52 bits per heavy atom. The predicted molar refractivity (Wildman–Crippen MR) is 112 cm³/mol. The van der Waals surface area contributed by atoms with Crippen LogP contribution in [0.4, 0.5) is 0 Å². The van der Waals surface area contributed by atoms with Crippen LogP contribution in [-0.2, 0) is 12.0 Å². The molecule has 0 spiro atoms. The van der Waals surface area contributed by atoms with E-state index >= 15 is 0 Å². The van der Waals surface area contributed by atoms with Gasteiger partial charge in [-0.3, -0.25) is 4.90 Å². The molecule has 0 amide bonds. The van der Waals surface area contributed by atoms with Gasteiger partial charge in [0.1, 0.15) is 5.75 Å². The topological polar surface area (TPSA) is 23.5 Å². The van der Waals surface area contributed by atoms with Crippen LogP contribution in [0.25, 0.3) is 0 Å². The van der Waals surface area contributed by atoms with Crippen LogP contribution in [0, 0.1) is 0 Å². The van der Waals surface area contributed by atoms with Crippen molar-refractivity contribution in [1.82, 2.24) is 4.90 Å². The van der Waals surface area contributed by atoms with Gasteiger partial charge in [-0.2, -0.15) is 0 Å². The average molecular weight is 380 g/mol. The molecular formula is C24H26ClNO. The quantitative estimate of drug-likeness (QED) is 0.703. The summed E-state index contributed by atoms with van der Waals surface area (Å²) in [6.45, 7) is 4.31. The standard InChI is InChI=1S/C24H26ClNO/c1-2-15-26-17-19-5-3-4-6-23(19)24(26,20-9-11-21(25)12-10-20)16-18-7-13-22(27)14-8-18/h3,5,7-14,27H,2,4,6,15-17H2,1H3. The molecule has 2 nitrogen and oxygen atoms in total. The summed E-state index contributed by atoms with van der Waals surface area (Å²) >= 11 is 6.21. The highest BCUT2D eigenvalue weighted by molar-refractivity contribution is 6.30. The zero-order chi connectivity index (χ0) is 18.9. The maximum absolute atomic E-state index is 9.71. The second-order valence-corrected chi connectivity index (χ2v) is 8.01. The molecule has 140 valence electrons. The zero-order valence-corrected chi connectivity index (χ0v) is 16.5. The van der Waals surface area contributed by atoms with Crippen molar-refractivity contribution < 1.29 is 5.11 Å². The third kappa shape index (κ3) is 3.33. The van der Waals surface area contributed by atoms with E-state index in [9.17, 15) is 5.11 Å². The molecule has 0 saturated carbocycles. The fraction of sp³-hybridized carbons (Fsp3) is 0.333. The molecule has 1 aliphatic heterocycles. The Morgan fingerprint density at radius 2 is 1.81 bits per heavy atom. The van der Waals surface area contributed by atoms with Crippen LogP contribution in [0.5, 0.6) is 5.75 Å². The lowest BCUT2D eigenvalue weighted by Crippen LogP contribution is -2.46. The number of hydrogen-bond acceptors (Lipinski definition) is 2. The van der Waals surface area contributed by atoms with E-state index in [1.54, 1.807) is 17.7 Å². The van der Waals surface area contributed by atoms with Crippen molar-refractivity contribution in [2.24, 2.45) is 0 Å². The minimum atomic E-state index is -0.141.